The van der Waals surface area contributed by atoms with Crippen LogP contribution < -0.4 is 4.90 Å². The summed E-state index contributed by atoms with van der Waals surface area (Å²) in [4.78, 5) is 15.1. The number of nitrogens with zero attached hydrogens (tertiary/aromatic N) is 3. The lowest BCUT2D eigenvalue weighted by Gasteiger charge is -2.32. The normalized spacial score (nSPS) is 12.3. The molecule has 2 aromatic heterocycles. The molecule has 1 aliphatic rings. The van der Waals surface area contributed by atoms with Gasteiger partial charge in [0.2, 0.25) is 11.8 Å². The summed E-state index contributed by atoms with van der Waals surface area (Å²) in [6.07, 6.45) is 0. The molecule has 0 spiro atoms. The predicted octanol–water partition coefficient (Wildman–Crippen LogP) is 12.6. The molecule has 0 saturated carbocycles. The van der Waals surface area contributed by atoms with Gasteiger partial charge in [0, 0.05) is 26.6 Å². The smallest absolute Gasteiger partial charge is 0.227 e. The van der Waals surface area contributed by atoms with Crippen molar-refractivity contribution in [3.63, 3.8) is 0 Å². The fourth-order valence-corrected chi connectivity index (χ4v) is 7.90. The molecule has 0 amide bonds. The van der Waals surface area contributed by atoms with E-state index in [1.807, 2.05) is 78.9 Å². The zero-order valence-electron chi connectivity index (χ0n) is 26.7. The third-order valence-electron chi connectivity index (χ3n) is 9.13. The van der Waals surface area contributed by atoms with Crippen LogP contribution in [0.15, 0.2) is 182 Å². The Balaban J connectivity index is 1.22. The molecule has 0 fully saturated rings. The minimum absolute atomic E-state index is 0.547. The lowest BCUT2D eigenvalue weighted by Crippen LogP contribution is -2.14. The summed E-state index contributed by atoms with van der Waals surface area (Å²) in [5.74, 6) is 1.09. The summed E-state index contributed by atoms with van der Waals surface area (Å²) >= 11 is 1.80. The van der Waals surface area contributed by atoms with Crippen LogP contribution in [-0.4, -0.2) is 9.97 Å². The first kappa shape index (κ1) is 28.6. The number of hydrogen-bond donors (Lipinski definition) is 0. The van der Waals surface area contributed by atoms with Crippen molar-refractivity contribution in [2.75, 3.05) is 4.90 Å². The molecule has 236 valence electrons. The van der Waals surface area contributed by atoms with Gasteiger partial charge in [-0.3, -0.25) is 0 Å². The van der Waals surface area contributed by atoms with Gasteiger partial charge in [-0.15, -0.1) is 0 Å². The second-order valence-electron chi connectivity index (χ2n) is 12.2. The van der Waals surface area contributed by atoms with Crippen molar-refractivity contribution in [3.05, 3.63) is 164 Å². The van der Waals surface area contributed by atoms with Gasteiger partial charge in [0.1, 0.15) is 11.0 Å². The van der Waals surface area contributed by atoms with Crippen LogP contribution in [0.25, 0.3) is 67.4 Å². The lowest BCUT2D eigenvalue weighted by molar-refractivity contribution is 0.619. The van der Waals surface area contributed by atoms with Crippen molar-refractivity contribution in [1.29, 1.82) is 0 Å². The van der Waals surface area contributed by atoms with Crippen LogP contribution in [-0.2, 0) is 0 Å². The number of fused-ring (bicyclic) bond motifs is 4. The fourth-order valence-electron chi connectivity index (χ4n) is 6.84. The minimum atomic E-state index is 0.547. The molecule has 0 atom stereocenters. The van der Waals surface area contributed by atoms with E-state index in [0.717, 1.165) is 61.5 Å². The number of para-hydroxylation sites is 2. The van der Waals surface area contributed by atoms with E-state index < -0.39 is 0 Å². The first-order valence-electron chi connectivity index (χ1n) is 16.5. The third kappa shape index (κ3) is 4.65. The van der Waals surface area contributed by atoms with Crippen LogP contribution in [0.5, 0.6) is 0 Å². The van der Waals surface area contributed by atoms with E-state index in [0.29, 0.717) is 22.9 Å². The summed E-state index contributed by atoms with van der Waals surface area (Å²) in [5, 5.41) is 0. The number of hydrogen-bond acceptors (Lipinski definition) is 6. The highest BCUT2D eigenvalue weighted by molar-refractivity contribution is 7.99. The molecule has 0 N–H and O–H groups in total. The maximum Gasteiger partial charge on any atom is 0.227 e. The highest BCUT2D eigenvalue weighted by Crippen LogP contribution is 2.52. The topological polar surface area (TPSA) is 55.3 Å². The number of anilines is 3. The monoisotopic (exact) mass is 661 g/mol. The maximum absolute atomic E-state index is 6.76. The van der Waals surface area contributed by atoms with Crippen LogP contribution in [0.4, 0.5) is 17.1 Å². The zero-order chi connectivity index (χ0) is 33.0. The Morgan fingerprint density at radius 1 is 0.400 bits per heavy atom. The molecule has 50 heavy (non-hydrogen) atoms. The van der Waals surface area contributed by atoms with Crippen LogP contribution in [0.2, 0.25) is 0 Å². The summed E-state index contributed by atoms with van der Waals surface area (Å²) in [6, 6.07) is 56.1. The third-order valence-corrected chi connectivity index (χ3v) is 10.3. The van der Waals surface area contributed by atoms with Gasteiger partial charge in [-0.2, -0.15) is 0 Å². The number of rotatable bonds is 5. The molecule has 7 aromatic carbocycles. The Kier molecular flexibility index (Phi) is 6.67. The average Bonchev–Trinajstić information content (AvgIpc) is 3.83. The molecule has 0 bridgehead atoms. The second-order valence-corrected chi connectivity index (χ2v) is 13.2. The van der Waals surface area contributed by atoms with Gasteiger partial charge in [0.25, 0.3) is 0 Å². The summed E-state index contributed by atoms with van der Waals surface area (Å²) in [5.41, 5.74) is 11.6. The Labute approximate surface area is 292 Å². The SMILES string of the molecule is c1ccc(-c2nc3c(-c4ccc(N5c6ccccc6Sc6ccccc65)cc4)c4oc(-c5ccccc5)nc4c(-c4ccccc4)c3o2)cc1. The van der Waals surface area contributed by atoms with Crippen molar-refractivity contribution < 1.29 is 8.83 Å². The Morgan fingerprint density at radius 3 is 1.28 bits per heavy atom. The molecule has 6 heteroatoms. The quantitative estimate of drug-likeness (QED) is 0.183. The molecular weight excluding hydrogens is 635 g/mol. The zero-order valence-corrected chi connectivity index (χ0v) is 27.5. The highest BCUT2D eigenvalue weighted by atomic mass is 32.2. The standard InChI is InChI=1S/C44H27N3O2S/c1-4-14-28(15-5-1)37-39-42(49-43(45-39)30-16-6-2-7-17-30)38(40-41(37)48-44(46-40)31-18-8-3-9-19-31)29-24-26-32(27-25-29)47-33-20-10-12-22-35(33)50-36-23-13-11-21-34(36)47/h1-27H. The van der Waals surface area contributed by atoms with E-state index in [-0.39, 0.29) is 0 Å². The van der Waals surface area contributed by atoms with E-state index in [2.05, 4.69) is 89.8 Å². The van der Waals surface area contributed by atoms with Gasteiger partial charge < -0.3 is 13.7 Å². The van der Waals surface area contributed by atoms with E-state index in [9.17, 15) is 0 Å². The molecule has 1 aliphatic heterocycles. The molecular formula is C44H27N3O2S. The molecule has 0 unspecified atom stereocenters. The summed E-state index contributed by atoms with van der Waals surface area (Å²) < 4.78 is 13.5. The van der Waals surface area contributed by atoms with E-state index >= 15 is 0 Å². The van der Waals surface area contributed by atoms with Crippen molar-refractivity contribution in [3.8, 4) is 45.2 Å². The first-order valence-corrected chi connectivity index (χ1v) is 17.3. The molecule has 5 nitrogen and oxygen atoms in total. The predicted molar refractivity (Wildman–Crippen MR) is 202 cm³/mol. The largest absolute Gasteiger partial charge is 0.435 e. The number of oxazole rings is 2. The van der Waals surface area contributed by atoms with Gasteiger partial charge in [-0.1, -0.05) is 115 Å². The highest BCUT2D eigenvalue weighted by Gasteiger charge is 2.28. The minimum Gasteiger partial charge on any atom is -0.435 e. The number of aromatic nitrogens is 2. The number of benzene rings is 7. The molecule has 0 radical (unpaired) electrons. The van der Waals surface area contributed by atoms with Crippen molar-refractivity contribution >= 4 is 51.0 Å². The summed E-state index contributed by atoms with van der Waals surface area (Å²) in [6.45, 7) is 0. The van der Waals surface area contributed by atoms with Crippen LogP contribution in [0.3, 0.4) is 0 Å². The molecule has 0 aliphatic carbocycles. The van der Waals surface area contributed by atoms with E-state index in [4.69, 9.17) is 18.8 Å². The Morgan fingerprint density at radius 2 is 0.800 bits per heavy atom. The van der Waals surface area contributed by atoms with Crippen molar-refractivity contribution in [2.45, 2.75) is 9.79 Å². The second kappa shape index (κ2) is 11.7. The summed E-state index contributed by atoms with van der Waals surface area (Å²) in [7, 11) is 0. The van der Waals surface area contributed by atoms with Crippen molar-refractivity contribution in [2.24, 2.45) is 0 Å². The fraction of sp³-hybridized carbons (Fsp3) is 0. The van der Waals surface area contributed by atoms with E-state index in [1.54, 1.807) is 11.8 Å². The van der Waals surface area contributed by atoms with Crippen LogP contribution in [0, 0.1) is 0 Å². The Hall–Kier alpha value is -6.37. The molecule has 9 aromatic rings. The van der Waals surface area contributed by atoms with Gasteiger partial charge in [-0.05, 0) is 71.8 Å². The molecule has 0 saturated heterocycles. The molecule has 10 rings (SSSR count). The average molecular weight is 662 g/mol. The van der Waals surface area contributed by atoms with Gasteiger partial charge in [0.05, 0.1) is 22.5 Å². The first-order chi connectivity index (χ1) is 24.8. The van der Waals surface area contributed by atoms with Crippen molar-refractivity contribution in [1.82, 2.24) is 9.97 Å². The van der Waals surface area contributed by atoms with E-state index in [1.165, 1.54) is 9.79 Å². The van der Waals surface area contributed by atoms with Gasteiger partial charge in [-0.25, -0.2) is 9.97 Å². The van der Waals surface area contributed by atoms with Gasteiger partial charge >= 0.3 is 0 Å². The Bertz CT molecular complexity index is 2530. The van der Waals surface area contributed by atoms with Gasteiger partial charge in [0.15, 0.2) is 11.2 Å². The van der Waals surface area contributed by atoms with Crippen LogP contribution >= 0.6 is 11.8 Å². The molecule has 3 heterocycles. The maximum atomic E-state index is 6.76. The lowest BCUT2D eigenvalue weighted by atomic mass is 9.96. The van der Waals surface area contributed by atoms with Crippen LogP contribution in [0.1, 0.15) is 0 Å².